The van der Waals surface area contributed by atoms with Crippen LogP contribution in [0.1, 0.15) is 31.3 Å². The van der Waals surface area contributed by atoms with E-state index in [1.165, 1.54) is 0 Å². The number of nitrogens with one attached hydrogen (secondary N) is 2. The summed E-state index contributed by atoms with van der Waals surface area (Å²) in [5, 5.41) is 7.70. The molecule has 0 bridgehead atoms. The third-order valence-electron chi connectivity index (χ3n) is 2.65. The summed E-state index contributed by atoms with van der Waals surface area (Å²) in [5.41, 5.74) is 4.47. The van der Waals surface area contributed by atoms with Crippen LogP contribution in [0, 0.1) is 6.92 Å². The minimum absolute atomic E-state index is 0.332. The van der Waals surface area contributed by atoms with Gasteiger partial charge in [0.15, 0.2) is 0 Å². The Hall–Kier alpha value is -2.15. The normalized spacial score (nSPS) is 10.8. The topological polar surface area (TPSA) is 93.7 Å². The second-order valence-corrected chi connectivity index (χ2v) is 4.71. The van der Waals surface area contributed by atoms with E-state index in [4.69, 9.17) is 5.84 Å². The smallest absolute Gasteiger partial charge is 0.145 e. The van der Waals surface area contributed by atoms with Gasteiger partial charge in [0, 0.05) is 19.3 Å². The summed E-state index contributed by atoms with van der Waals surface area (Å²) < 4.78 is 1.79. The Kier molecular flexibility index (Phi) is 3.66. The van der Waals surface area contributed by atoms with Crippen LogP contribution in [0.4, 0.5) is 17.3 Å². The first-order chi connectivity index (χ1) is 8.99. The van der Waals surface area contributed by atoms with E-state index in [1.54, 1.807) is 10.7 Å². The van der Waals surface area contributed by atoms with Crippen LogP contribution in [0.5, 0.6) is 0 Å². The molecule has 0 aliphatic heterocycles. The van der Waals surface area contributed by atoms with Crippen molar-refractivity contribution in [2.24, 2.45) is 12.9 Å². The van der Waals surface area contributed by atoms with Crippen molar-refractivity contribution in [1.82, 2.24) is 19.7 Å². The Labute approximate surface area is 112 Å². The Bertz CT molecular complexity index is 573. The second kappa shape index (κ2) is 5.23. The summed E-state index contributed by atoms with van der Waals surface area (Å²) in [7, 11) is 1.90. The van der Waals surface area contributed by atoms with Crippen LogP contribution < -0.4 is 16.6 Å². The fourth-order valence-electron chi connectivity index (χ4n) is 1.87. The highest BCUT2D eigenvalue weighted by Crippen LogP contribution is 2.25. The fourth-order valence-corrected chi connectivity index (χ4v) is 1.87. The van der Waals surface area contributed by atoms with Gasteiger partial charge in [-0.2, -0.15) is 5.10 Å². The number of nitrogens with zero attached hydrogens (tertiary/aromatic N) is 4. The maximum Gasteiger partial charge on any atom is 0.145 e. The van der Waals surface area contributed by atoms with Crippen LogP contribution in [0.3, 0.4) is 0 Å². The number of anilines is 3. The van der Waals surface area contributed by atoms with Gasteiger partial charge in [0.2, 0.25) is 0 Å². The van der Waals surface area contributed by atoms with Crippen molar-refractivity contribution >= 4 is 17.3 Å². The van der Waals surface area contributed by atoms with Gasteiger partial charge in [-0.15, -0.1) is 0 Å². The van der Waals surface area contributed by atoms with Crippen LogP contribution in [0.15, 0.2) is 12.3 Å². The van der Waals surface area contributed by atoms with Gasteiger partial charge in [-0.25, -0.2) is 15.8 Å². The van der Waals surface area contributed by atoms with Crippen LogP contribution in [0.2, 0.25) is 0 Å². The van der Waals surface area contributed by atoms with Crippen molar-refractivity contribution in [3.63, 3.8) is 0 Å². The molecule has 2 aromatic rings. The van der Waals surface area contributed by atoms with Crippen LogP contribution in [0.25, 0.3) is 0 Å². The Morgan fingerprint density at radius 3 is 2.58 bits per heavy atom. The van der Waals surface area contributed by atoms with E-state index >= 15 is 0 Å². The maximum absolute atomic E-state index is 5.38. The predicted octanol–water partition coefficient (Wildman–Crippen LogP) is 1.67. The van der Waals surface area contributed by atoms with Gasteiger partial charge in [-0.1, -0.05) is 13.8 Å². The third kappa shape index (κ3) is 3.00. The first-order valence-electron chi connectivity index (χ1n) is 6.12. The first kappa shape index (κ1) is 13.3. The Morgan fingerprint density at radius 2 is 1.95 bits per heavy atom. The molecule has 0 aliphatic carbocycles. The van der Waals surface area contributed by atoms with Crippen LogP contribution in [-0.4, -0.2) is 19.7 Å². The average Bonchev–Trinajstić information content (AvgIpc) is 2.69. The van der Waals surface area contributed by atoms with Crippen molar-refractivity contribution in [3.05, 3.63) is 23.8 Å². The number of nitrogen functional groups attached to an aromatic ring is 1. The molecule has 0 radical (unpaired) electrons. The Morgan fingerprint density at radius 1 is 1.26 bits per heavy atom. The van der Waals surface area contributed by atoms with E-state index in [0.29, 0.717) is 23.4 Å². The zero-order chi connectivity index (χ0) is 14.0. The van der Waals surface area contributed by atoms with Gasteiger partial charge in [0.25, 0.3) is 0 Å². The van der Waals surface area contributed by atoms with Crippen molar-refractivity contribution in [2.75, 3.05) is 10.7 Å². The molecular weight excluding hydrogens is 242 g/mol. The molecule has 0 atom stereocenters. The molecule has 7 heteroatoms. The number of nitrogens with two attached hydrogens (primary N) is 1. The molecule has 0 amide bonds. The lowest BCUT2D eigenvalue weighted by Crippen LogP contribution is -2.10. The highest BCUT2D eigenvalue weighted by atomic mass is 15.3. The molecule has 102 valence electrons. The van der Waals surface area contributed by atoms with Gasteiger partial charge in [-0.05, 0) is 12.8 Å². The van der Waals surface area contributed by atoms with E-state index in [2.05, 4.69) is 39.7 Å². The highest BCUT2D eigenvalue weighted by molar-refractivity contribution is 5.61. The molecule has 2 aromatic heterocycles. The predicted molar refractivity (Wildman–Crippen MR) is 75.2 cm³/mol. The zero-order valence-corrected chi connectivity index (χ0v) is 11.6. The fraction of sp³-hybridized carbons (Fsp3) is 0.417. The molecule has 19 heavy (non-hydrogen) atoms. The molecule has 2 heterocycles. The minimum atomic E-state index is 0.332. The van der Waals surface area contributed by atoms with Gasteiger partial charge < -0.3 is 10.7 Å². The quantitative estimate of drug-likeness (QED) is 0.572. The number of rotatable bonds is 4. The number of hydrogen-bond donors (Lipinski definition) is 3. The first-order valence-corrected chi connectivity index (χ1v) is 6.12. The molecule has 0 saturated heterocycles. The van der Waals surface area contributed by atoms with Gasteiger partial charge in [-0.3, -0.25) is 4.68 Å². The molecule has 0 unspecified atom stereocenters. The Balaban J connectivity index is 2.33. The summed E-state index contributed by atoms with van der Waals surface area (Å²) in [6, 6.07) is 1.75. The van der Waals surface area contributed by atoms with Crippen LogP contribution >= 0.6 is 0 Å². The van der Waals surface area contributed by atoms with E-state index in [1.807, 2.05) is 20.2 Å². The lowest BCUT2D eigenvalue weighted by atomic mass is 10.1. The highest BCUT2D eigenvalue weighted by Gasteiger charge is 2.12. The summed E-state index contributed by atoms with van der Waals surface area (Å²) in [4.78, 5) is 8.48. The van der Waals surface area contributed by atoms with E-state index in [0.717, 1.165) is 11.4 Å². The molecule has 0 aromatic carbocycles. The standard InChI is InChI=1S/C12H19N7/c1-7(2)12-9(6-19(4)18-12)16-10-5-11(17-13)15-8(3)14-10/h5-7H,13H2,1-4H3,(H2,14,15,16,17). The van der Waals surface area contributed by atoms with Gasteiger partial charge in [0.1, 0.15) is 17.5 Å². The molecule has 0 saturated carbocycles. The summed E-state index contributed by atoms with van der Waals surface area (Å²) in [6.45, 7) is 6.02. The number of hydrogen-bond acceptors (Lipinski definition) is 6. The van der Waals surface area contributed by atoms with Gasteiger partial charge in [0.05, 0.1) is 11.4 Å². The number of aromatic nitrogens is 4. The lowest BCUT2D eigenvalue weighted by Gasteiger charge is -2.09. The van der Waals surface area contributed by atoms with Crippen molar-refractivity contribution in [1.29, 1.82) is 0 Å². The molecule has 0 fully saturated rings. The van der Waals surface area contributed by atoms with E-state index < -0.39 is 0 Å². The van der Waals surface area contributed by atoms with E-state index in [9.17, 15) is 0 Å². The lowest BCUT2D eigenvalue weighted by molar-refractivity contribution is 0.713. The van der Waals surface area contributed by atoms with Gasteiger partial charge >= 0.3 is 0 Å². The SMILES string of the molecule is Cc1nc(NN)cc(Nc2cn(C)nc2C(C)C)n1. The summed E-state index contributed by atoms with van der Waals surface area (Å²) in [6.07, 6.45) is 1.93. The van der Waals surface area contributed by atoms with Crippen molar-refractivity contribution in [2.45, 2.75) is 26.7 Å². The number of aryl methyl sites for hydroxylation is 2. The zero-order valence-electron chi connectivity index (χ0n) is 11.6. The summed E-state index contributed by atoms with van der Waals surface area (Å²) >= 11 is 0. The molecule has 0 spiro atoms. The molecule has 4 N–H and O–H groups in total. The average molecular weight is 261 g/mol. The van der Waals surface area contributed by atoms with Crippen LogP contribution in [-0.2, 0) is 7.05 Å². The number of hydrazine groups is 1. The monoisotopic (exact) mass is 261 g/mol. The molecule has 7 nitrogen and oxygen atoms in total. The van der Waals surface area contributed by atoms with E-state index in [-0.39, 0.29) is 0 Å². The maximum atomic E-state index is 5.38. The third-order valence-corrected chi connectivity index (χ3v) is 2.65. The molecule has 0 aliphatic rings. The minimum Gasteiger partial charge on any atom is -0.337 e. The summed E-state index contributed by atoms with van der Waals surface area (Å²) in [5.74, 6) is 7.62. The molecule has 2 rings (SSSR count). The second-order valence-electron chi connectivity index (χ2n) is 4.71. The largest absolute Gasteiger partial charge is 0.337 e. The van der Waals surface area contributed by atoms with Crippen molar-refractivity contribution < 1.29 is 0 Å². The van der Waals surface area contributed by atoms with Crippen molar-refractivity contribution in [3.8, 4) is 0 Å². The molecular formula is C12H19N7.